The van der Waals surface area contributed by atoms with Gasteiger partial charge < -0.3 is 15.0 Å². The molecule has 2 heterocycles. The van der Waals surface area contributed by atoms with Crippen molar-refractivity contribution in [3.63, 3.8) is 0 Å². The summed E-state index contributed by atoms with van der Waals surface area (Å²) in [5, 5.41) is 3.43. The first-order valence-corrected chi connectivity index (χ1v) is 6.72. The Balaban J connectivity index is 2.10. The zero-order chi connectivity index (χ0) is 13.0. The van der Waals surface area contributed by atoms with Crippen LogP contribution >= 0.6 is 0 Å². The standard InChI is InChI=1S/C14H23N3O/c1-4-15-11(2)12-5-7-16-14(9-12)17(3)13-6-8-18-10-13/h5,7,9,11,13,15H,4,6,8,10H2,1-3H3. The van der Waals surface area contributed by atoms with Crippen LogP contribution in [0.4, 0.5) is 5.82 Å². The summed E-state index contributed by atoms with van der Waals surface area (Å²) >= 11 is 0. The molecule has 0 spiro atoms. The third-order valence-electron chi connectivity index (χ3n) is 3.59. The Morgan fingerprint density at radius 2 is 2.44 bits per heavy atom. The van der Waals surface area contributed by atoms with Crippen molar-refractivity contribution in [2.75, 3.05) is 31.7 Å². The second-order valence-corrected chi connectivity index (χ2v) is 4.86. The van der Waals surface area contributed by atoms with E-state index in [0.717, 1.165) is 32.0 Å². The van der Waals surface area contributed by atoms with Crippen LogP contribution in [-0.2, 0) is 4.74 Å². The van der Waals surface area contributed by atoms with E-state index < -0.39 is 0 Å². The molecule has 2 rings (SSSR count). The average molecular weight is 249 g/mol. The molecule has 2 unspecified atom stereocenters. The van der Waals surface area contributed by atoms with E-state index in [2.05, 4.69) is 48.2 Å². The Hall–Kier alpha value is -1.13. The molecule has 100 valence electrons. The van der Waals surface area contributed by atoms with Crippen LogP contribution in [-0.4, -0.2) is 37.8 Å². The molecule has 4 heteroatoms. The number of nitrogens with zero attached hydrogens (tertiary/aromatic N) is 2. The highest BCUT2D eigenvalue weighted by Crippen LogP contribution is 2.21. The summed E-state index contributed by atoms with van der Waals surface area (Å²) in [5.41, 5.74) is 1.28. The second kappa shape index (κ2) is 6.16. The van der Waals surface area contributed by atoms with E-state index in [1.54, 1.807) is 0 Å². The van der Waals surface area contributed by atoms with Crippen LogP contribution in [0.2, 0.25) is 0 Å². The van der Waals surface area contributed by atoms with Gasteiger partial charge in [0, 0.05) is 25.9 Å². The largest absolute Gasteiger partial charge is 0.379 e. The summed E-state index contributed by atoms with van der Waals surface area (Å²) in [6.45, 7) is 6.96. The number of likely N-dealkylation sites (N-methyl/N-ethyl adjacent to an activating group) is 1. The molecule has 0 saturated carbocycles. The third-order valence-corrected chi connectivity index (χ3v) is 3.59. The van der Waals surface area contributed by atoms with Crippen molar-refractivity contribution in [2.45, 2.75) is 32.4 Å². The fourth-order valence-electron chi connectivity index (χ4n) is 2.34. The second-order valence-electron chi connectivity index (χ2n) is 4.86. The fourth-order valence-corrected chi connectivity index (χ4v) is 2.34. The van der Waals surface area contributed by atoms with E-state index in [4.69, 9.17) is 4.74 Å². The summed E-state index contributed by atoms with van der Waals surface area (Å²) in [4.78, 5) is 6.70. The first-order valence-electron chi connectivity index (χ1n) is 6.72. The van der Waals surface area contributed by atoms with E-state index in [1.807, 2.05) is 6.20 Å². The average Bonchev–Trinajstić information content (AvgIpc) is 2.92. The molecule has 0 amide bonds. The Morgan fingerprint density at radius 1 is 1.61 bits per heavy atom. The molecule has 1 aromatic rings. The third kappa shape index (κ3) is 3.00. The van der Waals surface area contributed by atoms with Crippen molar-refractivity contribution in [1.82, 2.24) is 10.3 Å². The van der Waals surface area contributed by atoms with E-state index in [1.165, 1.54) is 5.56 Å². The molecular formula is C14H23N3O. The molecule has 1 saturated heterocycles. The molecule has 1 aromatic heterocycles. The maximum atomic E-state index is 5.43. The summed E-state index contributed by atoms with van der Waals surface area (Å²) in [6, 6.07) is 5.08. The molecule has 0 aromatic carbocycles. The van der Waals surface area contributed by atoms with Gasteiger partial charge in [0.2, 0.25) is 0 Å². The molecule has 0 aliphatic carbocycles. The van der Waals surface area contributed by atoms with E-state index >= 15 is 0 Å². The summed E-state index contributed by atoms with van der Waals surface area (Å²) in [5.74, 6) is 1.03. The Morgan fingerprint density at radius 3 is 3.11 bits per heavy atom. The number of anilines is 1. The maximum absolute atomic E-state index is 5.43. The van der Waals surface area contributed by atoms with E-state index in [9.17, 15) is 0 Å². The van der Waals surface area contributed by atoms with E-state index in [-0.39, 0.29) is 0 Å². The number of nitrogens with one attached hydrogen (secondary N) is 1. The van der Waals surface area contributed by atoms with Crippen molar-refractivity contribution >= 4 is 5.82 Å². The van der Waals surface area contributed by atoms with Gasteiger partial charge in [0.1, 0.15) is 5.82 Å². The first-order chi connectivity index (χ1) is 8.72. The van der Waals surface area contributed by atoms with Crippen molar-refractivity contribution in [3.8, 4) is 0 Å². The number of rotatable bonds is 5. The SMILES string of the molecule is CCNC(C)c1ccnc(N(C)C2CCOC2)c1. The highest BCUT2D eigenvalue weighted by atomic mass is 16.5. The minimum Gasteiger partial charge on any atom is -0.379 e. The number of hydrogen-bond acceptors (Lipinski definition) is 4. The van der Waals surface area contributed by atoms with Crippen molar-refractivity contribution in [3.05, 3.63) is 23.9 Å². The fraction of sp³-hybridized carbons (Fsp3) is 0.643. The molecule has 1 aliphatic heterocycles. The smallest absolute Gasteiger partial charge is 0.128 e. The molecule has 1 aliphatic rings. The van der Waals surface area contributed by atoms with E-state index in [0.29, 0.717) is 12.1 Å². The van der Waals surface area contributed by atoms with Gasteiger partial charge in [-0.15, -0.1) is 0 Å². The van der Waals surface area contributed by atoms with Gasteiger partial charge in [0.05, 0.1) is 12.6 Å². The van der Waals surface area contributed by atoms with Gasteiger partial charge >= 0.3 is 0 Å². The highest BCUT2D eigenvalue weighted by Gasteiger charge is 2.21. The Labute approximate surface area is 109 Å². The van der Waals surface area contributed by atoms with Gasteiger partial charge in [-0.05, 0) is 37.6 Å². The molecule has 0 bridgehead atoms. The molecule has 2 atom stereocenters. The van der Waals surface area contributed by atoms with Crippen molar-refractivity contribution < 1.29 is 4.74 Å². The van der Waals surface area contributed by atoms with Gasteiger partial charge in [-0.25, -0.2) is 4.98 Å². The monoisotopic (exact) mass is 249 g/mol. The van der Waals surface area contributed by atoms with Crippen LogP contribution in [0.15, 0.2) is 18.3 Å². The number of hydrogen-bond donors (Lipinski definition) is 1. The van der Waals surface area contributed by atoms with Crippen LogP contribution in [0.3, 0.4) is 0 Å². The predicted molar refractivity (Wildman–Crippen MR) is 74.0 cm³/mol. The van der Waals surface area contributed by atoms with Crippen molar-refractivity contribution in [1.29, 1.82) is 0 Å². The molecular weight excluding hydrogens is 226 g/mol. The normalized spacial score (nSPS) is 20.9. The van der Waals surface area contributed by atoms with Gasteiger partial charge in [0.15, 0.2) is 0 Å². The Bertz CT molecular complexity index is 377. The van der Waals surface area contributed by atoms with Gasteiger partial charge in [-0.1, -0.05) is 6.92 Å². The zero-order valence-corrected chi connectivity index (χ0v) is 11.5. The zero-order valence-electron chi connectivity index (χ0n) is 11.5. The highest BCUT2D eigenvalue weighted by molar-refractivity contribution is 5.42. The summed E-state index contributed by atoms with van der Waals surface area (Å²) < 4.78 is 5.43. The molecule has 18 heavy (non-hydrogen) atoms. The number of aromatic nitrogens is 1. The molecule has 0 radical (unpaired) electrons. The van der Waals surface area contributed by atoms with Crippen LogP contribution in [0.25, 0.3) is 0 Å². The lowest BCUT2D eigenvalue weighted by Crippen LogP contribution is -2.32. The molecule has 1 fully saturated rings. The van der Waals surface area contributed by atoms with Crippen molar-refractivity contribution in [2.24, 2.45) is 0 Å². The predicted octanol–water partition coefficient (Wildman–Crippen LogP) is 1.98. The Kier molecular flexibility index (Phi) is 4.55. The van der Waals surface area contributed by atoms with Crippen LogP contribution in [0.5, 0.6) is 0 Å². The molecule has 4 nitrogen and oxygen atoms in total. The summed E-state index contributed by atoms with van der Waals surface area (Å²) in [6.07, 6.45) is 2.98. The van der Waals surface area contributed by atoms with Crippen LogP contribution < -0.4 is 10.2 Å². The number of pyridine rings is 1. The first kappa shape index (κ1) is 13.3. The minimum atomic E-state index is 0.366. The number of ether oxygens (including phenoxy) is 1. The quantitative estimate of drug-likeness (QED) is 0.866. The topological polar surface area (TPSA) is 37.4 Å². The van der Waals surface area contributed by atoms with Crippen LogP contribution in [0, 0.1) is 0 Å². The van der Waals surface area contributed by atoms with Gasteiger partial charge in [0.25, 0.3) is 0 Å². The lowest BCUT2D eigenvalue weighted by atomic mass is 10.1. The summed E-state index contributed by atoms with van der Waals surface area (Å²) in [7, 11) is 2.10. The maximum Gasteiger partial charge on any atom is 0.128 e. The van der Waals surface area contributed by atoms with Gasteiger partial charge in [-0.2, -0.15) is 0 Å². The van der Waals surface area contributed by atoms with Gasteiger partial charge in [-0.3, -0.25) is 0 Å². The van der Waals surface area contributed by atoms with Crippen LogP contribution in [0.1, 0.15) is 31.9 Å². The lowest BCUT2D eigenvalue weighted by molar-refractivity contribution is 0.193. The molecule has 1 N–H and O–H groups in total. The minimum absolute atomic E-state index is 0.366. The lowest BCUT2D eigenvalue weighted by Gasteiger charge is -2.25.